The maximum atomic E-state index is 12.2. The van der Waals surface area contributed by atoms with E-state index >= 15 is 0 Å². The largest absolute Gasteiger partial charge is 0.352 e. The van der Waals surface area contributed by atoms with Crippen molar-refractivity contribution in [3.05, 3.63) is 29.8 Å². The van der Waals surface area contributed by atoms with Crippen molar-refractivity contribution in [2.24, 2.45) is 17.6 Å². The summed E-state index contributed by atoms with van der Waals surface area (Å²) in [6, 6.07) is 6.07. The van der Waals surface area contributed by atoms with Gasteiger partial charge in [0, 0.05) is 18.7 Å². The van der Waals surface area contributed by atoms with Crippen molar-refractivity contribution in [3.63, 3.8) is 0 Å². The van der Waals surface area contributed by atoms with Gasteiger partial charge in [-0.25, -0.2) is 13.1 Å². The molecule has 4 N–H and O–H groups in total. The van der Waals surface area contributed by atoms with Crippen molar-refractivity contribution >= 4 is 28.3 Å². The van der Waals surface area contributed by atoms with E-state index in [0.717, 1.165) is 12.8 Å². The standard InChI is InChI=1S/C15H23N3O3S.ClH/c1-11(8-16)9-17-15(19)13-3-2-4-14(7-13)22(20,21)18-10-12-5-6-12;/h2-4,7,11-12,18H,5-6,8-10,16H2,1H3,(H,17,19);1H. The van der Waals surface area contributed by atoms with Crippen molar-refractivity contribution in [2.75, 3.05) is 19.6 Å². The van der Waals surface area contributed by atoms with Gasteiger partial charge in [0.25, 0.3) is 5.91 Å². The molecule has 1 saturated carbocycles. The molecule has 130 valence electrons. The number of hydrogen-bond acceptors (Lipinski definition) is 4. The highest BCUT2D eigenvalue weighted by Gasteiger charge is 2.24. The molecule has 1 aliphatic rings. The van der Waals surface area contributed by atoms with E-state index in [1.807, 2.05) is 6.92 Å². The molecule has 0 spiro atoms. The number of nitrogens with one attached hydrogen (secondary N) is 2. The third-order valence-corrected chi connectivity index (χ3v) is 5.10. The van der Waals surface area contributed by atoms with Crippen molar-refractivity contribution in [1.82, 2.24) is 10.0 Å². The van der Waals surface area contributed by atoms with Gasteiger partial charge in [-0.1, -0.05) is 13.0 Å². The highest BCUT2D eigenvalue weighted by atomic mass is 35.5. The first-order chi connectivity index (χ1) is 10.4. The van der Waals surface area contributed by atoms with Crippen LogP contribution in [-0.4, -0.2) is 34.0 Å². The van der Waals surface area contributed by atoms with Crippen molar-refractivity contribution in [3.8, 4) is 0 Å². The summed E-state index contributed by atoms with van der Waals surface area (Å²) in [5.74, 6) is 0.342. The van der Waals surface area contributed by atoms with Crippen LogP contribution in [0.25, 0.3) is 0 Å². The Morgan fingerprint density at radius 2 is 2.09 bits per heavy atom. The summed E-state index contributed by atoms with van der Waals surface area (Å²) in [5.41, 5.74) is 5.83. The van der Waals surface area contributed by atoms with Gasteiger partial charge in [0.05, 0.1) is 4.90 Å². The average Bonchev–Trinajstić information content (AvgIpc) is 3.34. The lowest BCUT2D eigenvalue weighted by Gasteiger charge is -2.11. The minimum atomic E-state index is -3.56. The summed E-state index contributed by atoms with van der Waals surface area (Å²) in [4.78, 5) is 12.2. The number of benzene rings is 1. The van der Waals surface area contributed by atoms with Crippen molar-refractivity contribution < 1.29 is 13.2 Å². The Balaban J connectivity index is 0.00000264. The predicted molar refractivity (Wildman–Crippen MR) is 92.2 cm³/mol. The lowest BCUT2D eigenvalue weighted by atomic mass is 10.1. The van der Waals surface area contributed by atoms with Gasteiger partial charge in [-0.05, 0) is 49.4 Å². The highest BCUT2D eigenvalue weighted by molar-refractivity contribution is 7.89. The summed E-state index contributed by atoms with van der Waals surface area (Å²) in [6.07, 6.45) is 2.15. The predicted octanol–water partition coefficient (Wildman–Crippen LogP) is 1.12. The van der Waals surface area contributed by atoms with E-state index in [0.29, 0.717) is 31.1 Å². The second kappa shape index (κ2) is 8.63. The molecule has 1 fully saturated rings. The normalized spacial score (nSPS) is 15.6. The monoisotopic (exact) mass is 361 g/mol. The quantitative estimate of drug-likeness (QED) is 0.645. The maximum absolute atomic E-state index is 12.2. The molecule has 0 saturated heterocycles. The van der Waals surface area contributed by atoms with E-state index in [4.69, 9.17) is 5.73 Å². The summed E-state index contributed by atoms with van der Waals surface area (Å²) >= 11 is 0. The third-order valence-electron chi connectivity index (χ3n) is 3.68. The van der Waals surface area contributed by atoms with Crippen LogP contribution in [0.5, 0.6) is 0 Å². The zero-order valence-electron chi connectivity index (χ0n) is 13.1. The van der Waals surface area contributed by atoms with E-state index in [1.54, 1.807) is 12.1 Å². The molecule has 1 aliphatic carbocycles. The van der Waals surface area contributed by atoms with Crippen LogP contribution < -0.4 is 15.8 Å². The number of sulfonamides is 1. The first-order valence-electron chi connectivity index (χ1n) is 7.50. The molecule has 1 amide bonds. The second-order valence-electron chi connectivity index (χ2n) is 5.87. The van der Waals surface area contributed by atoms with E-state index in [2.05, 4.69) is 10.0 Å². The van der Waals surface area contributed by atoms with Gasteiger partial charge in [-0.15, -0.1) is 12.4 Å². The fourth-order valence-corrected chi connectivity index (χ4v) is 3.05. The van der Waals surface area contributed by atoms with Crippen LogP contribution >= 0.6 is 12.4 Å². The molecule has 0 aliphatic heterocycles. The zero-order valence-corrected chi connectivity index (χ0v) is 14.8. The first-order valence-corrected chi connectivity index (χ1v) is 8.98. The van der Waals surface area contributed by atoms with Crippen molar-refractivity contribution in [2.45, 2.75) is 24.7 Å². The number of hydrogen-bond donors (Lipinski definition) is 3. The topological polar surface area (TPSA) is 101 Å². The van der Waals surface area contributed by atoms with E-state index < -0.39 is 10.0 Å². The van der Waals surface area contributed by atoms with Crippen LogP contribution in [0.15, 0.2) is 29.2 Å². The molecular formula is C15H24ClN3O3S. The van der Waals surface area contributed by atoms with Gasteiger partial charge in [-0.3, -0.25) is 4.79 Å². The molecule has 0 bridgehead atoms. The first kappa shape index (κ1) is 19.9. The Morgan fingerprint density at radius 3 is 2.70 bits per heavy atom. The minimum absolute atomic E-state index is 0. The van der Waals surface area contributed by atoms with Crippen LogP contribution in [0.3, 0.4) is 0 Å². The Bertz CT molecular complexity index is 633. The Hall–Kier alpha value is -1.15. The summed E-state index contributed by atoms with van der Waals surface area (Å²) in [7, 11) is -3.56. The van der Waals surface area contributed by atoms with Crippen LogP contribution in [-0.2, 0) is 10.0 Å². The summed E-state index contributed by atoms with van der Waals surface area (Å²) < 4.78 is 27.0. The van der Waals surface area contributed by atoms with Gasteiger partial charge >= 0.3 is 0 Å². The SMILES string of the molecule is CC(CN)CNC(=O)c1cccc(S(=O)(=O)NCC2CC2)c1.Cl. The van der Waals surface area contributed by atoms with Gasteiger partial charge < -0.3 is 11.1 Å². The summed E-state index contributed by atoms with van der Waals surface area (Å²) in [5, 5.41) is 2.75. The van der Waals surface area contributed by atoms with Crippen molar-refractivity contribution in [1.29, 1.82) is 0 Å². The Labute approximate surface area is 143 Å². The number of rotatable bonds is 8. The number of halogens is 1. The van der Waals surface area contributed by atoms with E-state index in [9.17, 15) is 13.2 Å². The lowest BCUT2D eigenvalue weighted by molar-refractivity contribution is 0.0948. The molecule has 0 aromatic heterocycles. The minimum Gasteiger partial charge on any atom is -0.352 e. The van der Waals surface area contributed by atoms with Gasteiger partial charge in [0.1, 0.15) is 0 Å². The molecule has 1 unspecified atom stereocenters. The van der Waals surface area contributed by atoms with E-state index in [-0.39, 0.29) is 29.1 Å². The average molecular weight is 362 g/mol. The zero-order chi connectivity index (χ0) is 16.2. The summed E-state index contributed by atoms with van der Waals surface area (Å²) in [6.45, 7) is 3.35. The molecule has 6 nitrogen and oxygen atoms in total. The fourth-order valence-electron chi connectivity index (χ4n) is 1.89. The second-order valence-corrected chi connectivity index (χ2v) is 7.64. The highest BCUT2D eigenvalue weighted by Crippen LogP contribution is 2.28. The van der Waals surface area contributed by atoms with Crippen LogP contribution in [0.2, 0.25) is 0 Å². The van der Waals surface area contributed by atoms with Crippen LogP contribution in [0.4, 0.5) is 0 Å². The Morgan fingerprint density at radius 1 is 1.39 bits per heavy atom. The van der Waals surface area contributed by atoms with Crippen LogP contribution in [0, 0.1) is 11.8 Å². The number of amides is 1. The number of carbonyl (C=O) groups is 1. The number of nitrogens with two attached hydrogens (primary N) is 1. The van der Waals surface area contributed by atoms with Crippen LogP contribution in [0.1, 0.15) is 30.1 Å². The molecule has 23 heavy (non-hydrogen) atoms. The molecule has 1 aromatic carbocycles. The fraction of sp³-hybridized carbons (Fsp3) is 0.533. The molecule has 1 atom stereocenters. The van der Waals surface area contributed by atoms with E-state index in [1.165, 1.54) is 12.1 Å². The lowest BCUT2D eigenvalue weighted by Crippen LogP contribution is -2.31. The Kier molecular flexibility index (Phi) is 7.47. The third kappa shape index (κ3) is 6.10. The molecule has 1 aromatic rings. The van der Waals surface area contributed by atoms with Gasteiger partial charge in [0.2, 0.25) is 10.0 Å². The number of carbonyl (C=O) groups excluding carboxylic acids is 1. The molecular weight excluding hydrogens is 338 g/mol. The molecule has 0 radical (unpaired) electrons. The molecule has 8 heteroatoms. The van der Waals surface area contributed by atoms with Gasteiger partial charge in [0.15, 0.2) is 0 Å². The molecule has 2 rings (SSSR count). The van der Waals surface area contributed by atoms with Gasteiger partial charge in [-0.2, -0.15) is 0 Å². The smallest absolute Gasteiger partial charge is 0.251 e. The maximum Gasteiger partial charge on any atom is 0.251 e. The molecule has 0 heterocycles.